The summed E-state index contributed by atoms with van der Waals surface area (Å²) in [5, 5.41) is 0.802. The molecule has 0 N–H and O–H groups in total. The number of nitrogens with zero attached hydrogens (tertiary/aromatic N) is 1. The Hall–Kier alpha value is -0.480. The van der Waals surface area contributed by atoms with Gasteiger partial charge in [0.05, 0.1) is 0 Å². The first-order valence-corrected chi connectivity index (χ1v) is 6.02. The second kappa shape index (κ2) is 6.18. The van der Waals surface area contributed by atoms with E-state index in [1.165, 1.54) is 18.2 Å². The zero-order chi connectivity index (χ0) is 11.3. The van der Waals surface area contributed by atoms with Gasteiger partial charge in [0.15, 0.2) is 0 Å². The molecule has 0 saturated carbocycles. The fraction of sp³-hybridized carbons (Fsp3) is 0.455. The van der Waals surface area contributed by atoms with Crippen LogP contribution in [0.3, 0.4) is 0 Å². The van der Waals surface area contributed by atoms with Crippen LogP contribution in [0.2, 0.25) is 0 Å². The summed E-state index contributed by atoms with van der Waals surface area (Å²) in [5.74, 6) is -0.939. The van der Waals surface area contributed by atoms with Gasteiger partial charge in [-0.15, -0.1) is 0 Å². The lowest BCUT2D eigenvalue weighted by Gasteiger charge is -2.19. The van der Waals surface area contributed by atoms with Crippen molar-refractivity contribution in [1.82, 2.24) is 4.90 Å². The van der Waals surface area contributed by atoms with Gasteiger partial charge in [0.1, 0.15) is 11.6 Å². The van der Waals surface area contributed by atoms with Crippen molar-refractivity contribution in [2.75, 3.05) is 18.4 Å². The van der Waals surface area contributed by atoms with Gasteiger partial charge in [0.25, 0.3) is 0 Å². The minimum Gasteiger partial charge on any atom is -0.298 e. The van der Waals surface area contributed by atoms with Gasteiger partial charge >= 0.3 is 0 Å². The number of alkyl halides is 1. The molecule has 0 fully saturated rings. The number of benzene rings is 1. The maximum absolute atomic E-state index is 13.3. The molecule has 0 spiro atoms. The second-order valence-corrected chi connectivity index (χ2v) is 4.05. The first kappa shape index (κ1) is 12.6. The third kappa shape index (κ3) is 3.54. The average Bonchev–Trinajstić information content (AvgIpc) is 2.22. The minimum atomic E-state index is -0.469. The largest absolute Gasteiger partial charge is 0.298 e. The Morgan fingerprint density at radius 3 is 2.33 bits per heavy atom. The van der Waals surface area contributed by atoms with Gasteiger partial charge in [-0.25, -0.2) is 8.78 Å². The summed E-state index contributed by atoms with van der Waals surface area (Å²) >= 11 is 3.31. The Bertz CT molecular complexity index is 297. The van der Waals surface area contributed by atoms with Crippen molar-refractivity contribution in [3.8, 4) is 0 Å². The van der Waals surface area contributed by atoms with Crippen molar-refractivity contribution in [3.05, 3.63) is 35.4 Å². The summed E-state index contributed by atoms with van der Waals surface area (Å²) in [5.41, 5.74) is 0.153. The van der Waals surface area contributed by atoms with Crippen molar-refractivity contribution in [2.45, 2.75) is 13.5 Å². The quantitative estimate of drug-likeness (QED) is 0.748. The Morgan fingerprint density at radius 1 is 1.27 bits per heavy atom. The van der Waals surface area contributed by atoms with Crippen molar-refractivity contribution in [1.29, 1.82) is 0 Å². The van der Waals surface area contributed by atoms with Gasteiger partial charge in [-0.3, -0.25) is 4.90 Å². The van der Waals surface area contributed by atoms with E-state index in [0.717, 1.165) is 18.4 Å². The molecule has 1 nitrogen and oxygen atoms in total. The fourth-order valence-corrected chi connectivity index (χ4v) is 1.88. The molecule has 84 valence electrons. The monoisotopic (exact) mass is 277 g/mol. The lowest BCUT2D eigenvalue weighted by molar-refractivity contribution is 0.289. The van der Waals surface area contributed by atoms with Crippen LogP contribution in [0.4, 0.5) is 8.78 Å². The molecule has 4 heteroatoms. The topological polar surface area (TPSA) is 3.24 Å². The van der Waals surface area contributed by atoms with E-state index in [1.54, 1.807) is 0 Å². The number of halogens is 3. The molecule has 1 aromatic carbocycles. The van der Waals surface area contributed by atoms with E-state index in [0.29, 0.717) is 6.54 Å². The maximum Gasteiger partial charge on any atom is 0.130 e. The molecule has 0 unspecified atom stereocenters. The molecule has 1 aromatic rings. The molecule has 0 aliphatic rings. The first-order chi connectivity index (χ1) is 7.19. The Labute approximate surface area is 97.2 Å². The van der Waals surface area contributed by atoms with E-state index in [1.807, 2.05) is 11.8 Å². The zero-order valence-electron chi connectivity index (χ0n) is 8.64. The van der Waals surface area contributed by atoms with Gasteiger partial charge in [-0.1, -0.05) is 28.9 Å². The summed E-state index contributed by atoms with van der Waals surface area (Å²) in [6.45, 7) is 3.85. The highest BCUT2D eigenvalue weighted by Gasteiger charge is 2.11. The molecule has 0 aliphatic carbocycles. The van der Waals surface area contributed by atoms with E-state index in [2.05, 4.69) is 15.9 Å². The van der Waals surface area contributed by atoms with Crippen molar-refractivity contribution < 1.29 is 8.78 Å². The first-order valence-electron chi connectivity index (χ1n) is 4.90. The Balaban J connectivity index is 2.78. The SMILES string of the molecule is CCN(CCBr)Cc1c(F)cccc1F. The predicted octanol–water partition coefficient (Wildman–Crippen LogP) is 3.18. The predicted molar refractivity (Wildman–Crippen MR) is 61.1 cm³/mol. The standard InChI is InChI=1S/C11H14BrF2N/c1-2-15(7-6-12)8-9-10(13)4-3-5-11(9)14/h3-5H,2,6-8H2,1H3. The molecule has 0 aromatic heterocycles. The molecule has 0 saturated heterocycles. The molecule has 0 aliphatic heterocycles. The van der Waals surface area contributed by atoms with Gasteiger partial charge in [-0.05, 0) is 18.7 Å². The number of hydrogen-bond acceptors (Lipinski definition) is 1. The second-order valence-electron chi connectivity index (χ2n) is 3.26. The zero-order valence-corrected chi connectivity index (χ0v) is 10.2. The lowest BCUT2D eigenvalue weighted by atomic mass is 10.2. The smallest absolute Gasteiger partial charge is 0.130 e. The fourth-order valence-electron chi connectivity index (χ4n) is 1.38. The molecule has 0 atom stereocenters. The highest BCUT2D eigenvalue weighted by Crippen LogP contribution is 2.14. The Kier molecular flexibility index (Phi) is 5.19. The molecular weight excluding hydrogens is 264 g/mol. The van der Waals surface area contributed by atoms with Crippen molar-refractivity contribution in [3.63, 3.8) is 0 Å². The van der Waals surface area contributed by atoms with E-state index in [-0.39, 0.29) is 5.56 Å². The van der Waals surface area contributed by atoms with Gasteiger partial charge in [0, 0.05) is 24.0 Å². The minimum absolute atomic E-state index is 0.153. The molecule has 0 radical (unpaired) electrons. The summed E-state index contributed by atoms with van der Waals surface area (Å²) in [7, 11) is 0. The summed E-state index contributed by atoms with van der Waals surface area (Å²) < 4.78 is 26.6. The average molecular weight is 278 g/mol. The number of rotatable bonds is 5. The summed E-state index contributed by atoms with van der Waals surface area (Å²) in [6, 6.07) is 3.97. The van der Waals surface area contributed by atoms with Crippen LogP contribution in [-0.2, 0) is 6.54 Å². The summed E-state index contributed by atoms with van der Waals surface area (Å²) in [4.78, 5) is 1.98. The molecule has 1 rings (SSSR count). The van der Waals surface area contributed by atoms with E-state index in [4.69, 9.17) is 0 Å². The highest BCUT2D eigenvalue weighted by atomic mass is 79.9. The molecule has 0 heterocycles. The van der Waals surface area contributed by atoms with E-state index >= 15 is 0 Å². The lowest BCUT2D eigenvalue weighted by Crippen LogP contribution is -2.25. The van der Waals surface area contributed by atoms with Crippen LogP contribution >= 0.6 is 15.9 Å². The molecule has 0 amide bonds. The van der Waals surface area contributed by atoms with Crippen molar-refractivity contribution in [2.24, 2.45) is 0 Å². The third-order valence-electron chi connectivity index (χ3n) is 2.29. The van der Waals surface area contributed by atoms with Gasteiger partial charge < -0.3 is 0 Å². The molecule has 0 bridgehead atoms. The van der Waals surface area contributed by atoms with Crippen LogP contribution in [0.15, 0.2) is 18.2 Å². The van der Waals surface area contributed by atoms with Crippen LogP contribution in [-0.4, -0.2) is 23.3 Å². The van der Waals surface area contributed by atoms with Crippen LogP contribution in [0.25, 0.3) is 0 Å². The Morgan fingerprint density at radius 2 is 1.87 bits per heavy atom. The van der Waals surface area contributed by atoms with E-state index in [9.17, 15) is 8.78 Å². The third-order valence-corrected chi connectivity index (χ3v) is 2.65. The van der Waals surface area contributed by atoms with Crippen LogP contribution in [0, 0.1) is 11.6 Å². The van der Waals surface area contributed by atoms with Crippen molar-refractivity contribution >= 4 is 15.9 Å². The maximum atomic E-state index is 13.3. The molecular formula is C11H14BrF2N. The summed E-state index contributed by atoms with van der Waals surface area (Å²) in [6.07, 6.45) is 0. The number of hydrogen-bond donors (Lipinski definition) is 0. The van der Waals surface area contributed by atoms with Crippen LogP contribution < -0.4 is 0 Å². The van der Waals surface area contributed by atoms with Gasteiger partial charge in [-0.2, -0.15) is 0 Å². The van der Waals surface area contributed by atoms with Gasteiger partial charge in [0.2, 0.25) is 0 Å². The highest BCUT2D eigenvalue weighted by molar-refractivity contribution is 9.09. The van der Waals surface area contributed by atoms with E-state index < -0.39 is 11.6 Å². The molecule has 15 heavy (non-hydrogen) atoms. The normalized spacial score (nSPS) is 11.0. The van der Waals surface area contributed by atoms with Crippen LogP contribution in [0.1, 0.15) is 12.5 Å². The van der Waals surface area contributed by atoms with Crippen LogP contribution in [0.5, 0.6) is 0 Å².